The van der Waals surface area contributed by atoms with Crippen molar-refractivity contribution in [1.29, 1.82) is 0 Å². The van der Waals surface area contributed by atoms with Gasteiger partial charge in [-0.15, -0.1) is 0 Å². The summed E-state index contributed by atoms with van der Waals surface area (Å²) in [6.07, 6.45) is 0. The highest BCUT2D eigenvalue weighted by molar-refractivity contribution is 14.1. The first-order chi connectivity index (χ1) is 9.84. The third kappa shape index (κ3) is 3.16. The average molecular weight is 418 g/mol. The van der Waals surface area contributed by atoms with Crippen molar-refractivity contribution in [3.63, 3.8) is 0 Å². The monoisotopic (exact) mass is 418 g/mol. The minimum Gasteiger partial charge on any atom is -0.268 e. The van der Waals surface area contributed by atoms with Gasteiger partial charge in [0.25, 0.3) is 15.7 Å². The molecule has 8 heteroatoms. The fourth-order valence-electron chi connectivity index (χ4n) is 1.73. The van der Waals surface area contributed by atoms with E-state index in [9.17, 15) is 18.5 Å². The smallest absolute Gasteiger partial charge is 0.268 e. The summed E-state index contributed by atoms with van der Waals surface area (Å²) in [5.74, 6) is 0. The Labute approximate surface area is 135 Å². The van der Waals surface area contributed by atoms with Crippen LogP contribution in [-0.2, 0) is 10.0 Å². The molecule has 0 aliphatic carbocycles. The van der Waals surface area contributed by atoms with Gasteiger partial charge in [0.05, 0.1) is 15.5 Å². The standard InChI is InChI=1S/C13H11IN2O4S/c1-15(13-5-3-2-4-12(13)14)21(19,20)11-8-6-10(7-9-11)16(17)18/h2-9H,1H3. The van der Waals surface area contributed by atoms with E-state index in [2.05, 4.69) is 22.6 Å². The fraction of sp³-hybridized carbons (Fsp3) is 0.0769. The number of nitro benzene ring substituents is 1. The summed E-state index contributed by atoms with van der Waals surface area (Å²) < 4.78 is 27.0. The predicted molar refractivity (Wildman–Crippen MR) is 87.8 cm³/mol. The van der Waals surface area contributed by atoms with E-state index in [4.69, 9.17) is 0 Å². The topological polar surface area (TPSA) is 80.5 Å². The Balaban J connectivity index is 2.42. The Kier molecular flexibility index (Phi) is 4.47. The van der Waals surface area contributed by atoms with E-state index in [1.807, 2.05) is 6.07 Å². The zero-order chi connectivity index (χ0) is 15.6. The van der Waals surface area contributed by atoms with Crippen LogP contribution in [0.25, 0.3) is 0 Å². The first-order valence-corrected chi connectivity index (χ1v) is 8.34. The van der Waals surface area contributed by atoms with Crippen molar-refractivity contribution in [3.05, 3.63) is 62.2 Å². The highest BCUT2D eigenvalue weighted by atomic mass is 127. The number of hydrogen-bond donors (Lipinski definition) is 0. The molecule has 2 rings (SSSR count). The lowest BCUT2D eigenvalue weighted by Gasteiger charge is -2.20. The lowest BCUT2D eigenvalue weighted by atomic mass is 10.3. The van der Waals surface area contributed by atoms with Crippen LogP contribution in [0.15, 0.2) is 53.4 Å². The Hall–Kier alpha value is -1.68. The zero-order valence-electron chi connectivity index (χ0n) is 10.9. The lowest BCUT2D eigenvalue weighted by Crippen LogP contribution is -2.27. The molecule has 0 spiro atoms. The number of halogens is 1. The third-order valence-electron chi connectivity index (χ3n) is 2.90. The maximum absolute atomic E-state index is 12.5. The van der Waals surface area contributed by atoms with E-state index in [0.717, 1.165) is 7.88 Å². The second-order valence-electron chi connectivity index (χ2n) is 4.17. The Morgan fingerprint density at radius 1 is 1.10 bits per heavy atom. The van der Waals surface area contributed by atoms with Gasteiger partial charge in [-0.3, -0.25) is 14.4 Å². The highest BCUT2D eigenvalue weighted by Gasteiger charge is 2.23. The second kappa shape index (κ2) is 5.98. The van der Waals surface area contributed by atoms with E-state index in [1.165, 1.54) is 31.3 Å². The van der Waals surface area contributed by atoms with Crippen LogP contribution in [0.3, 0.4) is 0 Å². The van der Waals surface area contributed by atoms with Gasteiger partial charge in [-0.1, -0.05) is 12.1 Å². The largest absolute Gasteiger partial charge is 0.269 e. The molecule has 0 heterocycles. The first kappa shape index (κ1) is 15.7. The van der Waals surface area contributed by atoms with E-state index in [1.54, 1.807) is 18.2 Å². The maximum atomic E-state index is 12.5. The average Bonchev–Trinajstić information content (AvgIpc) is 2.47. The van der Waals surface area contributed by atoms with Crippen LogP contribution < -0.4 is 4.31 Å². The Morgan fingerprint density at radius 3 is 2.19 bits per heavy atom. The number of benzene rings is 2. The minimum atomic E-state index is -3.75. The Morgan fingerprint density at radius 2 is 1.67 bits per heavy atom. The van der Waals surface area contributed by atoms with Crippen LogP contribution in [0, 0.1) is 13.7 Å². The van der Waals surface area contributed by atoms with Gasteiger partial charge in [0, 0.05) is 22.8 Å². The van der Waals surface area contributed by atoms with Crippen molar-refractivity contribution in [3.8, 4) is 0 Å². The molecule has 0 saturated heterocycles. The van der Waals surface area contributed by atoms with Crippen LogP contribution in [0.2, 0.25) is 0 Å². The quantitative estimate of drug-likeness (QED) is 0.435. The number of sulfonamides is 1. The summed E-state index contributed by atoms with van der Waals surface area (Å²) in [5, 5.41) is 10.6. The third-order valence-corrected chi connectivity index (χ3v) is 5.60. The molecule has 0 radical (unpaired) electrons. The first-order valence-electron chi connectivity index (χ1n) is 5.82. The summed E-state index contributed by atoms with van der Waals surface area (Å²) >= 11 is 2.05. The van der Waals surface area contributed by atoms with Crippen molar-refractivity contribution >= 4 is 44.0 Å². The van der Waals surface area contributed by atoms with Gasteiger partial charge in [0.2, 0.25) is 0 Å². The van der Waals surface area contributed by atoms with Crippen molar-refractivity contribution in [2.75, 3.05) is 11.4 Å². The molecule has 110 valence electrons. The number of nitro groups is 1. The fourth-order valence-corrected chi connectivity index (χ4v) is 3.86. The molecule has 0 amide bonds. The minimum absolute atomic E-state index is 0.00949. The highest BCUT2D eigenvalue weighted by Crippen LogP contribution is 2.27. The summed E-state index contributed by atoms with van der Waals surface area (Å²) in [5.41, 5.74) is 0.405. The van der Waals surface area contributed by atoms with Crippen molar-refractivity contribution in [2.45, 2.75) is 4.90 Å². The Bertz CT molecular complexity index is 775. The molecule has 0 aromatic heterocycles. The van der Waals surface area contributed by atoms with E-state index >= 15 is 0 Å². The van der Waals surface area contributed by atoms with Gasteiger partial charge in [0.15, 0.2) is 0 Å². The number of nitrogens with zero attached hydrogens (tertiary/aromatic N) is 2. The van der Waals surface area contributed by atoms with Gasteiger partial charge in [-0.05, 0) is 46.9 Å². The number of non-ortho nitro benzene ring substituents is 1. The van der Waals surface area contributed by atoms with Crippen LogP contribution in [0.4, 0.5) is 11.4 Å². The molecule has 21 heavy (non-hydrogen) atoms. The van der Waals surface area contributed by atoms with Crippen molar-refractivity contribution < 1.29 is 13.3 Å². The number of anilines is 1. The van der Waals surface area contributed by atoms with Gasteiger partial charge in [-0.2, -0.15) is 0 Å². The molecule has 0 fully saturated rings. The molecular formula is C13H11IN2O4S. The zero-order valence-corrected chi connectivity index (χ0v) is 13.9. The van der Waals surface area contributed by atoms with Gasteiger partial charge >= 0.3 is 0 Å². The molecule has 2 aromatic rings. The molecule has 2 aromatic carbocycles. The normalized spacial score (nSPS) is 11.1. The van der Waals surface area contributed by atoms with Crippen LogP contribution >= 0.6 is 22.6 Å². The van der Waals surface area contributed by atoms with E-state index in [0.29, 0.717) is 5.69 Å². The summed E-state index contributed by atoms with van der Waals surface area (Å²) in [6, 6.07) is 11.9. The molecule has 0 atom stereocenters. The number of hydrogen-bond acceptors (Lipinski definition) is 4. The number of para-hydroxylation sites is 1. The molecule has 0 unspecified atom stereocenters. The van der Waals surface area contributed by atoms with Crippen LogP contribution in [0.5, 0.6) is 0 Å². The van der Waals surface area contributed by atoms with Crippen molar-refractivity contribution in [1.82, 2.24) is 0 Å². The summed E-state index contributed by atoms with van der Waals surface area (Å²) in [4.78, 5) is 10.0. The van der Waals surface area contributed by atoms with Crippen LogP contribution in [0.1, 0.15) is 0 Å². The lowest BCUT2D eigenvalue weighted by molar-refractivity contribution is -0.384. The van der Waals surface area contributed by atoms with E-state index in [-0.39, 0.29) is 10.6 Å². The molecule has 6 nitrogen and oxygen atoms in total. The maximum Gasteiger partial charge on any atom is 0.269 e. The molecule has 0 aliphatic rings. The van der Waals surface area contributed by atoms with Crippen LogP contribution in [-0.4, -0.2) is 20.4 Å². The summed E-state index contributed by atoms with van der Waals surface area (Å²) in [7, 11) is -2.30. The SMILES string of the molecule is CN(c1ccccc1I)S(=O)(=O)c1ccc([N+](=O)[O-])cc1. The van der Waals surface area contributed by atoms with Gasteiger partial charge in [0.1, 0.15) is 0 Å². The molecule has 0 saturated carbocycles. The summed E-state index contributed by atoms with van der Waals surface area (Å²) in [6.45, 7) is 0. The van der Waals surface area contributed by atoms with E-state index < -0.39 is 14.9 Å². The number of rotatable bonds is 4. The van der Waals surface area contributed by atoms with Gasteiger partial charge < -0.3 is 0 Å². The van der Waals surface area contributed by atoms with Crippen molar-refractivity contribution in [2.24, 2.45) is 0 Å². The predicted octanol–water partition coefficient (Wildman–Crippen LogP) is 3.02. The second-order valence-corrected chi connectivity index (χ2v) is 7.31. The molecule has 0 bridgehead atoms. The molecular weight excluding hydrogens is 407 g/mol. The molecule has 0 aliphatic heterocycles. The van der Waals surface area contributed by atoms with Gasteiger partial charge in [-0.25, -0.2) is 8.42 Å². The molecule has 0 N–H and O–H groups in total.